The van der Waals surface area contributed by atoms with E-state index >= 15 is 0 Å². The van der Waals surface area contributed by atoms with Crippen LogP contribution >= 0.6 is 11.6 Å². The molecule has 0 saturated carbocycles. The fraction of sp³-hybridized carbons (Fsp3) is 0.148. The normalized spacial score (nSPS) is 23.9. The SMILES string of the molecule is O=C(c1cccc([N+](=O)[O-])c1)C1C2C(=O)N(c3ccc(Cl)cc3)C(=O)C2C2c3ccccc3C=CN12. The standard InChI is InChI=1S/C27H18ClN3O5/c28-17-8-10-18(11-9-17)30-26(33)21-22(27(30)34)24(25(32)16-5-3-6-19(14-16)31(35)36)29-13-12-15-4-1-2-7-20(15)23(21)29/h1-14,21-24H. The third-order valence-electron chi connectivity index (χ3n) is 7.16. The van der Waals surface area contributed by atoms with E-state index in [1.807, 2.05) is 30.3 Å². The molecule has 0 spiro atoms. The Morgan fingerprint density at radius 1 is 0.917 bits per heavy atom. The van der Waals surface area contributed by atoms with Crippen LogP contribution in [0.3, 0.4) is 0 Å². The van der Waals surface area contributed by atoms with Gasteiger partial charge < -0.3 is 4.90 Å². The maximum Gasteiger partial charge on any atom is 0.270 e. The number of hydrogen-bond acceptors (Lipinski definition) is 6. The molecule has 0 bridgehead atoms. The van der Waals surface area contributed by atoms with Crippen LogP contribution in [0.2, 0.25) is 5.02 Å². The molecule has 3 aromatic carbocycles. The van der Waals surface area contributed by atoms with Crippen LogP contribution in [0.25, 0.3) is 6.08 Å². The van der Waals surface area contributed by atoms with Crippen molar-refractivity contribution < 1.29 is 19.3 Å². The first-order valence-corrected chi connectivity index (χ1v) is 11.7. The van der Waals surface area contributed by atoms with E-state index in [1.165, 1.54) is 24.3 Å². The molecule has 2 saturated heterocycles. The number of nitrogens with zero attached hydrogens (tertiary/aromatic N) is 3. The van der Waals surface area contributed by atoms with Gasteiger partial charge in [-0.2, -0.15) is 0 Å². The third-order valence-corrected chi connectivity index (χ3v) is 7.41. The fourth-order valence-corrected chi connectivity index (χ4v) is 5.77. The third kappa shape index (κ3) is 3.18. The number of anilines is 1. The van der Waals surface area contributed by atoms with Gasteiger partial charge in [0.25, 0.3) is 5.69 Å². The Balaban J connectivity index is 1.49. The predicted octanol–water partition coefficient (Wildman–Crippen LogP) is 4.65. The number of rotatable bonds is 4. The number of imide groups is 1. The average molecular weight is 500 g/mol. The van der Waals surface area contributed by atoms with E-state index in [4.69, 9.17) is 11.6 Å². The van der Waals surface area contributed by atoms with Gasteiger partial charge in [-0.05, 0) is 41.5 Å². The highest BCUT2D eigenvalue weighted by Crippen LogP contribution is 2.53. The van der Waals surface area contributed by atoms with E-state index in [-0.39, 0.29) is 17.2 Å². The van der Waals surface area contributed by atoms with Crippen molar-refractivity contribution in [1.29, 1.82) is 0 Å². The second kappa shape index (κ2) is 8.13. The van der Waals surface area contributed by atoms with Crippen molar-refractivity contribution in [3.05, 3.63) is 111 Å². The van der Waals surface area contributed by atoms with Crippen LogP contribution in [-0.2, 0) is 9.59 Å². The van der Waals surface area contributed by atoms with Gasteiger partial charge in [0.15, 0.2) is 5.78 Å². The van der Waals surface area contributed by atoms with E-state index in [0.29, 0.717) is 10.7 Å². The minimum absolute atomic E-state index is 0.117. The van der Waals surface area contributed by atoms with Crippen LogP contribution in [0, 0.1) is 22.0 Å². The molecule has 0 aliphatic carbocycles. The smallest absolute Gasteiger partial charge is 0.270 e. The summed E-state index contributed by atoms with van der Waals surface area (Å²) >= 11 is 6.01. The highest BCUT2D eigenvalue weighted by molar-refractivity contribution is 6.31. The average Bonchev–Trinajstić information content (AvgIpc) is 3.37. The number of non-ortho nitro benzene ring substituents is 1. The molecule has 3 heterocycles. The maximum atomic E-state index is 13.9. The summed E-state index contributed by atoms with van der Waals surface area (Å²) in [5, 5.41) is 11.8. The zero-order valence-electron chi connectivity index (χ0n) is 18.7. The molecule has 0 radical (unpaired) electrons. The Morgan fingerprint density at radius 3 is 2.39 bits per heavy atom. The minimum Gasteiger partial charge on any atom is -0.358 e. The summed E-state index contributed by atoms with van der Waals surface area (Å²) in [6.07, 6.45) is 3.60. The van der Waals surface area contributed by atoms with Gasteiger partial charge in [-0.25, -0.2) is 4.90 Å². The molecule has 6 rings (SSSR count). The molecule has 178 valence electrons. The van der Waals surface area contributed by atoms with Crippen molar-refractivity contribution in [2.24, 2.45) is 11.8 Å². The molecule has 3 aliphatic heterocycles. The van der Waals surface area contributed by atoms with Gasteiger partial charge in [0.2, 0.25) is 11.8 Å². The Morgan fingerprint density at radius 2 is 1.64 bits per heavy atom. The summed E-state index contributed by atoms with van der Waals surface area (Å²) in [7, 11) is 0. The van der Waals surface area contributed by atoms with Crippen molar-refractivity contribution in [3.63, 3.8) is 0 Å². The zero-order chi connectivity index (χ0) is 25.1. The van der Waals surface area contributed by atoms with E-state index < -0.39 is 40.5 Å². The lowest BCUT2D eigenvalue weighted by atomic mass is 9.83. The van der Waals surface area contributed by atoms with E-state index in [1.54, 1.807) is 35.4 Å². The number of nitro groups is 1. The first kappa shape index (κ1) is 22.2. The van der Waals surface area contributed by atoms with Crippen LogP contribution in [0.1, 0.15) is 27.5 Å². The Labute approximate surface area is 210 Å². The fourth-order valence-electron chi connectivity index (χ4n) is 5.65. The Kier molecular flexibility index (Phi) is 5.01. The van der Waals surface area contributed by atoms with Crippen molar-refractivity contribution in [1.82, 2.24) is 4.90 Å². The van der Waals surface area contributed by atoms with Gasteiger partial charge in [-0.3, -0.25) is 24.5 Å². The van der Waals surface area contributed by atoms with Crippen molar-refractivity contribution >= 4 is 46.6 Å². The van der Waals surface area contributed by atoms with Gasteiger partial charge in [-0.1, -0.05) is 48.0 Å². The van der Waals surface area contributed by atoms with Crippen molar-refractivity contribution in [2.75, 3.05) is 4.90 Å². The van der Waals surface area contributed by atoms with Crippen LogP contribution in [0.15, 0.2) is 79.0 Å². The number of fused-ring (bicyclic) bond motifs is 5. The number of amides is 2. The van der Waals surface area contributed by atoms with Crippen LogP contribution in [0.5, 0.6) is 0 Å². The highest BCUT2D eigenvalue weighted by atomic mass is 35.5. The van der Waals surface area contributed by atoms with Crippen molar-refractivity contribution in [3.8, 4) is 0 Å². The number of benzene rings is 3. The summed E-state index contributed by atoms with van der Waals surface area (Å²) in [5.74, 6) is -3.06. The molecular weight excluding hydrogens is 482 g/mol. The Bertz CT molecular complexity index is 1480. The lowest BCUT2D eigenvalue weighted by molar-refractivity contribution is -0.384. The topological polar surface area (TPSA) is 101 Å². The Hall–Kier alpha value is -4.30. The van der Waals surface area contributed by atoms with Crippen molar-refractivity contribution in [2.45, 2.75) is 12.1 Å². The monoisotopic (exact) mass is 499 g/mol. The molecule has 36 heavy (non-hydrogen) atoms. The predicted molar refractivity (Wildman–Crippen MR) is 132 cm³/mol. The second-order valence-corrected chi connectivity index (χ2v) is 9.43. The molecule has 0 N–H and O–H groups in total. The molecule has 0 aromatic heterocycles. The maximum absolute atomic E-state index is 13.9. The lowest BCUT2D eigenvalue weighted by Crippen LogP contribution is -2.44. The molecule has 2 fully saturated rings. The summed E-state index contributed by atoms with van der Waals surface area (Å²) in [4.78, 5) is 55.2. The van der Waals surface area contributed by atoms with E-state index in [2.05, 4.69) is 0 Å². The summed E-state index contributed by atoms with van der Waals surface area (Å²) < 4.78 is 0. The summed E-state index contributed by atoms with van der Waals surface area (Å²) in [5.41, 5.74) is 2.04. The highest BCUT2D eigenvalue weighted by Gasteiger charge is 2.64. The number of carbonyl (C=O) groups is 3. The second-order valence-electron chi connectivity index (χ2n) is 8.99. The first-order chi connectivity index (χ1) is 17.4. The quantitative estimate of drug-likeness (QED) is 0.224. The van der Waals surface area contributed by atoms with Gasteiger partial charge in [0, 0.05) is 28.9 Å². The molecular formula is C27H18ClN3O5. The molecule has 4 atom stereocenters. The van der Waals surface area contributed by atoms with E-state index in [0.717, 1.165) is 16.0 Å². The number of hydrogen-bond donors (Lipinski definition) is 0. The van der Waals surface area contributed by atoms with Gasteiger partial charge in [0.05, 0.1) is 28.5 Å². The molecule has 9 heteroatoms. The zero-order valence-corrected chi connectivity index (χ0v) is 19.4. The molecule has 3 aromatic rings. The summed E-state index contributed by atoms with van der Waals surface area (Å²) in [6, 6.07) is 17.9. The number of nitro benzene ring substituents is 1. The van der Waals surface area contributed by atoms with Gasteiger partial charge in [-0.15, -0.1) is 0 Å². The molecule has 4 unspecified atom stereocenters. The number of Topliss-reactive ketones (excluding diaryl/α,β-unsaturated/α-hetero) is 1. The summed E-state index contributed by atoms with van der Waals surface area (Å²) in [6.45, 7) is 0. The van der Waals surface area contributed by atoms with Crippen LogP contribution in [0.4, 0.5) is 11.4 Å². The van der Waals surface area contributed by atoms with Gasteiger partial charge >= 0.3 is 0 Å². The molecule has 8 nitrogen and oxygen atoms in total. The van der Waals surface area contributed by atoms with E-state index in [9.17, 15) is 24.5 Å². The first-order valence-electron chi connectivity index (χ1n) is 11.3. The number of carbonyl (C=O) groups excluding carboxylic acids is 3. The lowest BCUT2D eigenvalue weighted by Gasteiger charge is -2.35. The molecule has 2 amide bonds. The van der Waals surface area contributed by atoms with Crippen LogP contribution < -0.4 is 4.90 Å². The van der Waals surface area contributed by atoms with Gasteiger partial charge in [0.1, 0.15) is 6.04 Å². The number of halogens is 1. The minimum atomic E-state index is -1.000. The largest absolute Gasteiger partial charge is 0.358 e. The molecule has 3 aliphatic rings. The number of ketones is 1. The van der Waals surface area contributed by atoms with Crippen LogP contribution in [-0.4, -0.2) is 33.5 Å².